The van der Waals surface area contributed by atoms with Crippen molar-refractivity contribution >= 4 is 27.5 Å². The lowest BCUT2D eigenvalue weighted by Crippen LogP contribution is -2.14. The smallest absolute Gasteiger partial charge is 0.259 e. The van der Waals surface area contributed by atoms with Crippen LogP contribution in [0.3, 0.4) is 0 Å². The monoisotopic (exact) mass is 409 g/mol. The van der Waals surface area contributed by atoms with Gasteiger partial charge in [-0.2, -0.15) is 0 Å². The van der Waals surface area contributed by atoms with Gasteiger partial charge in [-0.15, -0.1) is 0 Å². The number of benzene rings is 3. The van der Waals surface area contributed by atoms with Crippen molar-refractivity contribution in [3.05, 3.63) is 94.0 Å². The summed E-state index contributed by atoms with van der Waals surface area (Å²) in [4.78, 5) is 12.7. The van der Waals surface area contributed by atoms with Crippen LogP contribution in [0.15, 0.2) is 77.3 Å². The Balaban J connectivity index is 1.68. The molecule has 26 heavy (non-hydrogen) atoms. The van der Waals surface area contributed by atoms with Crippen LogP contribution in [0, 0.1) is 6.92 Å². The number of rotatable bonds is 6. The van der Waals surface area contributed by atoms with Crippen molar-refractivity contribution in [3.63, 3.8) is 0 Å². The Morgan fingerprint density at radius 2 is 1.73 bits per heavy atom. The lowest BCUT2D eigenvalue weighted by molar-refractivity contribution is 0.102. The molecule has 0 saturated carbocycles. The van der Waals surface area contributed by atoms with Crippen molar-refractivity contribution < 1.29 is 9.53 Å². The van der Waals surface area contributed by atoms with Gasteiger partial charge in [0.05, 0.1) is 17.9 Å². The van der Waals surface area contributed by atoms with Crippen LogP contribution in [0.1, 0.15) is 21.5 Å². The van der Waals surface area contributed by atoms with Crippen LogP contribution in [0.25, 0.3) is 0 Å². The molecule has 0 heterocycles. The first-order valence-electron chi connectivity index (χ1n) is 8.47. The van der Waals surface area contributed by atoms with E-state index < -0.39 is 0 Å². The predicted molar refractivity (Wildman–Crippen MR) is 109 cm³/mol. The van der Waals surface area contributed by atoms with Crippen molar-refractivity contribution in [3.8, 4) is 5.75 Å². The molecule has 0 saturated heterocycles. The van der Waals surface area contributed by atoms with Crippen LogP contribution in [-0.2, 0) is 6.42 Å². The molecule has 0 fully saturated rings. The fraction of sp³-hybridized carbons (Fsp3) is 0.136. The zero-order chi connectivity index (χ0) is 18.4. The van der Waals surface area contributed by atoms with E-state index in [0.717, 1.165) is 22.1 Å². The third kappa shape index (κ3) is 4.73. The fourth-order valence-corrected chi connectivity index (χ4v) is 3.21. The van der Waals surface area contributed by atoms with Gasteiger partial charge in [-0.25, -0.2) is 0 Å². The molecular formula is C22H20BrNO2. The number of halogens is 1. The summed E-state index contributed by atoms with van der Waals surface area (Å²) in [5, 5.41) is 2.94. The first kappa shape index (κ1) is 18.2. The molecule has 3 aromatic carbocycles. The minimum absolute atomic E-state index is 0.190. The van der Waals surface area contributed by atoms with Gasteiger partial charge < -0.3 is 10.1 Å². The molecule has 0 atom stereocenters. The zero-order valence-corrected chi connectivity index (χ0v) is 16.1. The van der Waals surface area contributed by atoms with Gasteiger partial charge in [0.2, 0.25) is 0 Å². The average Bonchev–Trinajstić information content (AvgIpc) is 2.65. The van der Waals surface area contributed by atoms with E-state index in [2.05, 4.69) is 33.4 Å². The topological polar surface area (TPSA) is 38.3 Å². The van der Waals surface area contributed by atoms with E-state index in [9.17, 15) is 4.79 Å². The third-order valence-corrected chi connectivity index (χ3v) is 4.65. The molecule has 0 bridgehead atoms. The standard InChI is InChI=1S/C22H20BrNO2/c1-16-11-12-20(19(23)15-16)24-22(25)18-9-5-6-10-21(18)26-14-13-17-7-3-2-4-8-17/h2-12,15H,13-14H2,1H3,(H,24,25). The molecule has 0 aliphatic carbocycles. The number of hydrogen-bond acceptors (Lipinski definition) is 2. The van der Waals surface area contributed by atoms with Gasteiger partial charge in [-0.1, -0.05) is 48.5 Å². The Hall–Kier alpha value is -2.59. The van der Waals surface area contributed by atoms with E-state index in [4.69, 9.17) is 4.74 Å². The molecule has 0 aromatic heterocycles. The second-order valence-corrected chi connectivity index (χ2v) is 6.87. The largest absolute Gasteiger partial charge is 0.492 e. The Morgan fingerprint density at radius 1 is 1.00 bits per heavy atom. The number of nitrogens with one attached hydrogen (secondary N) is 1. The van der Waals surface area contributed by atoms with E-state index in [0.29, 0.717) is 17.9 Å². The number of hydrogen-bond donors (Lipinski definition) is 1. The highest BCUT2D eigenvalue weighted by molar-refractivity contribution is 9.10. The first-order valence-corrected chi connectivity index (χ1v) is 9.26. The summed E-state index contributed by atoms with van der Waals surface area (Å²) in [7, 11) is 0. The van der Waals surface area contributed by atoms with Gasteiger partial charge in [-0.05, 0) is 58.2 Å². The highest BCUT2D eigenvalue weighted by Crippen LogP contribution is 2.25. The maximum atomic E-state index is 12.7. The number of amides is 1. The summed E-state index contributed by atoms with van der Waals surface area (Å²) in [6.45, 7) is 2.52. The Morgan fingerprint density at radius 3 is 2.50 bits per heavy atom. The van der Waals surface area contributed by atoms with Crippen LogP contribution in [0.5, 0.6) is 5.75 Å². The molecule has 3 nitrogen and oxygen atoms in total. The van der Waals surface area contributed by atoms with Crippen LogP contribution < -0.4 is 10.1 Å². The maximum Gasteiger partial charge on any atom is 0.259 e. The molecule has 3 aromatic rings. The fourth-order valence-electron chi connectivity index (χ4n) is 2.61. The molecule has 3 rings (SSSR count). The molecule has 0 aliphatic heterocycles. The Bertz CT molecular complexity index is 894. The number of anilines is 1. The zero-order valence-electron chi connectivity index (χ0n) is 14.5. The molecule has 0 radical (unpaired) electrons. The Kier molecular flexibility index (Phi) is 6.08. The van der Waals surface area contributed by atoms with E-state index >= 15 is 0 Å². The second kappa shape index (κ2) is 8.68. The number of carbonyl (C=O) groups excluding carboxylic acids is 1. The normalized spacial score (nSPS) is 10.4. The molecule has 1 amide bonds. The number of aryl methyl sites for hydroxylation is 1. The summed E-state index contributed by atoms with van der Waals surface area (Å²) < 4.78 is 6.73. The summed E-state index contributed by atoms with van der Waals surface area (Å²) >= 11 is 3.49. The van der Waals surface area contributed by atoms with Gasteiger partial charge >= 0.3 is 0 Å². The maximum absolute atomic E-state index is 12.7. The van der Waals surface area contributed by atoms with Gasteiger partial charge in [-0.3, -0.25) is 4.79 Å². The van der Waals surface area contributed by atoms with Crippen molar-refractivity contribution in [2.24, 2.45) is 0 Å². The lowest BCUT2D eigenvalue weighted by Gasteiger charge is -2.13. The number of ether oxygens (including phenoxy) is 1. The van der Waals surface area contributed by atoms with Crippen molar-refractivity contribution in [1.29, 1.82) is 0 Å². The summed E-state index contributed by atoms with van der Waals surface area (Å²) in [5.74, 6) is 0.397. The van der Waals surface area contributed by atoms with Crippen LogP contribution in [0.2, 0.25) is 0 Å². The van der Waals surface area contributed by atoms with Crippen LogP contribution in [0.4, 0.5) is 5.69 Å². The van der Waals surface area contributed by atoms with Crippen molar-refractivity contribution in [2.45, 2.75) is 13.3 Å². The van der Waals surface area contributed by atoms with Crippen LogP contribution in [-0.4, -0.2) is 12.5 Å². The highest BCUT2D eigenvalue weighted by atomic mass is 79.9. The number of para-hydroxylation sites is 1. The predicted octanol–water partition coefficient (Wildman–Crippen LogP) is 5.63. The molecule has 0 spiro atoms. The van der Waals surface area contributed by atoms with Crippen LogP contribution >= 0.6 is 15.9 Å². The Labute approximate surface area is 162 Å². The second-order valence-electron chi connectivity index (χ2n) is 6.02. The first-order chi connectivity index (χ1) is 12.6. The average molecular weight is 410 g/mol. The summed E-state index contributed by atoms with van der Waals surface area (Å²) in [6.07, 6.45) is 0.792. The molecule has 0 unspecified atom stereocenters. The number of carbonyl (C=O) groups is 1. The minimum atomic E-state index is -0.190. The lowest BCUT2D eigenvalue weighted by atomic mass is 10.1. The van der Waals surface area contributed by atoms with E-state index in [1.54, 1.807) is 6.07 Å². The van der Waals surface area contributed by atoms with Gasteiger partial charge in [0.15, 0.2) is 0 Å². The van der Waals surface area contributed by atoms with E-state index in [1.807, 2.05) is 61.5 Å². The van der Waals surface area contributed by atoms with Crippen molar-refractivity contribution in [2.75, 3.05) is 11.9 Å². The molecule has 0 aliphatic rings. The molecule has 4 heteroatoms. The van der Waals surface area contributed by atoms with Crippen molar-refractivity contribution in [1.82, 2.24) is 0 Å². The van der Waals surface area contributed by atoms with E-state index in [1.165, 1.54) is 5.56 Å². The highest BCUT2D eigenvalue weighted by Gasteiger charge is 2.13. The van der Waals surface area contributed by atoms with Gasteiger partial charge in [0.25, 0.3) is 5.91 Å². The SMILES string of the molecule is Cc1ccc(NC(=O)c2ccccc2OCCc2ccccc2)c(Br)c1. The summed E-state index contributed by atoms with van der Waals surface area (Å²) in [5.41, 5.74) is 3.59. The third-order valence-electron chi connectivity index (χ3n) is 4.00. The molecule has 132 valence electrons. The molecular weight excluding hydrogens is 390 g/mol. The van der Waals surface area contributed by atoms with Gasteiger partial charge in [0, 0.05) is 10.9 Å². The quantitative estimate of drug-likeness (QED) is 0.572. The van der Waals surface area contributed by atoms with Gasteiger partial charge in [0.1, 0.15) is 5.75 Å². The summed E-state index contributed by atoms with van der Waals surface area (Å²) in [6, 6.07) is 23.3. The minimum Gasteiger partial charge on any atom is -0.492 e. The molecule has 1 N–H and O–H groups in total. The van der Waals surface area contributed by atoms with E-state index in [-0.39, 0.29) is 5.91 Å².